The van der Waals surface area contributed by atoms with Crippen molar-refractivity contribution in [2.45, 2.75) is 87.5 Å². The smallest absolute Gasteiger partial charge is 0.252 e. The van der Waals surface area contributed by atoms with Gasteiger partial charge in [0.15, 0.2) is 0 Å². The molecule has 0 saturated carbocycles. The van der Waals surface area contributed by atoms with Crippen molar-refractivity contribution >= 4 is 23.6 Å². The number of hydrogen-bond donors (Lipinski definition) is 2. The molecule has 3 aromatic carbocycles. The van der Waals surface area contributed by atoms with E-state index in [2.05, 4.69) is 47.6 Å². The summed E-state index contributed by atoms with van der Waals surface area (Å²) in [5.41, 5.74) is 4.99. The fourth-order valence-corrected chi connectivity index (χ4v) is 6.97. The van der Waals surface area contributed by atoms with Crippen molar-refractivity contribution in [2.24, 2.45) is 0 Å². The average Bonchev–Trinajstić information content (AvgIpc) is 3.05. The minimum absolute atomic E-state index is 0.00874. The highest BCUT2D eigenvalue weighted by molar-refractivity contribution is 7.99. The molecule has 0 atom stereocenters. The summed E-state index contributed by atoms with van der Waals surface area (Å²) in [4.78, 5) is 30.1. The number of carbonyl (C=O) groups excluding carboxylic acids is 2. The fourth-order valence-electron chi connectivity index (χ4n) is 5.97. The maximum atomic E-state index is 13.2. The molecule has 44 heavy (non-hydrogen) atoms. The molecule has 0 spiro atoms. The monoisotopic (exact) mass is 615 g/mol. The second-order valence-electron chi connectivity index (χ2n) is 11.5. The molecule has 2 amide bonds. The predicted molar refractivity (Wildman–Crippen MR) is 181 cm³/mol. The van der Waals surface area contributed by atoms with Gasteiger partial charge in [0.1, 0.15) is 5.75 Å². The lowest BCUT2D eigenvalue weighted by atomic mass is 9.93. The molecule has 0 aromatic heterocycles. The normalized spacial score (nSPS) is 13.9. The molecule has 3 aromatic rings. The van der Waals surface area contributed by atoms with Crippen LogP contribution in [0.5, 0.6) is 5.75 Å². The van der Waals surface area contributed by atoms with Crippen molar-refractivity contribution in [3.8, 4) is 5.75 Å². The Morgan fingerprint density at radius 1 is 0.909 bits per heavy atom. The first-order valence-corrected chi connectivity index (χ1v) is 17.1. The number of likely N-dealkylation sites (tertiary alicyclic amines) is 1. The third-order valence-electron chi connectivity index (χ3n) is 8.51. The van der Waals surface area contributed by atoms with Crippen LogP contribution in [-0.2, 0) is 24.1 Å². The van der Waals surface area contributed by atoms with Crippen LogP contribution >= 0.6 is 11.8 Å². The van der Waals surface area contributed by atoms with E-state index < -0.39 is 0 Å². The number of aryl methyl sites for hydroxylation is 2. The van der Waals surface area contributed by atoms with Gasteiger partial charge < -0.3 is 20.3 Å². The SMILES string of the molecule is CCc1cccc(CC)c1CCCC(=O)NCCCCN1CCC(NC(=O)c2ccccc2Sc2cccc(OC)c2)CC1. The number of rotatable bonds is 16. The predicted octanol–water partition coefficient (Wildman–Crippen LogP) is 7.08. The van der Waals surface area contributed by atoms with Gasteiger partial charge in [0.25, 0.3) is 5.91 Å². The minimum atomic E-state index is -0.00874. The maximum Gasteiger partial charge on any atom is 0.252 e. The van der Waals surface area contributed by atoms with Crippen LogP contribution in [0.4, 0.5) is 0 Å². The van der Waals surface area contributed by atoms with Gasteiger partial charge in [0, 0.05) is 41.9 Å². The molecule has 2 N–H and O–H groups in total. The second-order valence-corrected chi connectivity index (χ2v) is 12.7. The van der Waals surface area contributed by atoms with E-state index in [0.29, 0.717) is 12.0 Å². The first-order chi connectivity index (χ1) is 21.5. The second kappa shape index (κ2) is 17.9. The zero-order chi connectivity index (χ0) is 31.1. The summed E-state index contributed by atoms with van der Waals surface area (Å²) in [6.07, 6.45) is 8.51. The van der Waals surface area contributed by atoms with Gasteiger partial charge in [-0.25, -0.2) is 0 Å². The van der Waals surface area contributed by atoms with Crippen molar-refractivity contribution < 1.29 is 14.3 Å². The number of methoxy groups -OCH3 is 1. The van der Waals surface area contributed by atoms with Crippen LogP contribution in [0.2, 0.25) is 0 Å². The number of piperidine rings is 1. The van der Waals surface area contributed by atoms with Crippen molar-refractivity contribution in [3.05, 3.63) is 89.0 Å². The Morgan fingerprint density at radius 3 is 2.36 bits per heavy atom. The number of benzene rings is 3. The van der Waals surface area contributed by atoms with Crippen molar-refractivity contribution in [1.82, 2.24) is 15.5 Å². The molecule has 1 aliphatic heterocycles. The molecule has 1 saturated heterocycles. The fraction of sp³-hybridized carbons (Fsp3) is 0.459. The third kappa shape index (κ3) is 10.1. The summed E-state index contributed by atoms with van der Waals surface area (Å²) in [6.45, 7) is 8.15. The number of hydrogen-bond acceptors (Lipinski definition) is 5. The van der Waals surface area contributed by atoms with Crippen LogP contribution in [0.25, 0.3) is 0 Å². The standard InChI is InChI=1S/C37H49N3O3S/c1-4-28-13-10-14-29(5-2)33(28)18-12-20-36(41)38-23-8-9-24-40-25-21-30(22-26-40)39-37(42)34-17-6-7-19-35(34)44-32-16-11-15-31(27-32)43-3/h6-7,10-11,13-17,19,27,30H,4-5,8-9,12,18,20-26H2,1-3H3,(H,38,41)(H,39,42). The molecule has 1 heterocycles. The van der Waals surface area contributed by atoms with Gasteiger partial charge in [-0.05, 0) is 105 Å². The van der Waals surface area contributed by atoms with E-state index >= 15 is 0 Å². The molecule has 4 rings (SSSR count). The summed E-state index contributed by atoms with van der Waals surface area (Å²) < 4.78 is 5.35. The molecule has 0 radical (unpaired) electrons. The number of nitrogens with one attached hydrogen (secondary N) is 2. The lowest BCUT2D eigenvalue weighted by molar-refractivity contribution is -0.121. The minimum Gasteiger partial charge on any atom is -0.497 e. The first kappa shape index (κ1) is 33.6. The summed E-state index contributed by atoms with van der Waals surface area (Å²) in [7, 11) is 1.66. The molecular formula is C37H49N3O3S. The zero-order valence-corrected chi connectivity index (χ0v) is 27.5. The third-order valence-corrected chi connectivity index (χ3v) is 9.57. The Labute approximate surface area is 268 Å². The molecule has 1 aliphatic rings. The molecule has 0 aliphatic carbocycles. The molecular weight excluding hydrogens is 566 g/mol. The summed E-state index contributed by atoms with van der Waals surface area (Å²) in [5, 5.41) is 6.40. The highest BCUT2D eigenvalue weighted by atomic mass is 32.2. The van der Waals surface area contributed by atoms with Crippen LogP contribution in [0, 0.1) is 0 Å². The molecule has 1 fully saturated rings. The van der Waals surface area contributed by atoms with Crippen molar-refractivity contribution in [3.63, 3.8) is 0 Å². The number of ether oxygens (including phenoxy) is 1. The lowest BCUT2D eigenvalue weighted by Gasteiger charge is -2.32. The van der Waals surface area contributed by atoms with Gasteiger partial charge in [-0.2, -0.15) is 0 Å². The quantitative estimate of drug-likeness (QED) is 0.169. The number of amides is 2. The summed E-state index contributed by atoms with van der Waals surface area (Å²) >= 11 is 1.58. The molecule has 0 unspecified atom stereocenters. The highest BCUT2D eigenvalue weighted by Crippen LogP contribution is 2.32. The van der Waals surface area contributed by atoms with E-state index in [1.165, 1.54) is 16.7 Å². The van der Waals surface area contributed by atoms with Crippen molar-refractivity contribution in [1.29, 1.82) is 0 Å². The Hall–Kier alpha value is -3.29. The summed E-state index contributed by atoms with van der Waals surface area (Å²) in [6, 6.07) is 22.5. The average molecular weight is 616 g/mol. The van der Waals surface area contributed by atoms with Gasteiger partial charge in [0.05, 0.1) is 12.7 Å². The van der Waals surface area contributed by atoms with E-state index in [1.54, 1.807) is 18.9 Å². The van der Waals surface area contributed by atoms with Crippen molar-refractivity contribution in [2.75, 3.05) is 33.3 Å². The topological polar surface area (TPSA) is 70.7 Å². The Morgan fingerprint density at radius 2 is 1.64 bits per heavy atom. The van der Waals surface area contributed by atoms with E-state index in [0.717, 1.165) is 93.1 Å². The van der Waals surface area contributed by atoms with Crippen LogP contribution < -0.4 is 15.4 Å². The van der Waals surface area contributed by atoms with E-state index in [9.17, 15) is 9.59 Å². The zero-order valence-electron chi connectivity index (χ0n) is 26.7. The van der Waals surface area contributed by atoms with Crippen LogP contribution in [0.1, 0.15) is 79.4 Å². The lowest BCUT2D eigenvalue weighted by Crippen LogP contribution is -2.45. The van der Waals surface area contributed by atoms with Crippen LogP contribution in [0.15, 0.2) is 76.5 Å². The van der Waals surface area contributed by atoms with Gasteiger partial charge >= 0.3 is 0 Å². The number of carbonyl (C=O) groups is 2. The van der Waals surface area contributed by atoms with Gasteiger partial charge in [-0.15, -0.1) is 0 Å². The Bertz CT molecular complexity index is 1330. The summed E-state index contributed by atoms with van der Waals surface area (Å²) in [5.74, 6) is 0.960. The molecule has 236 valence electrons. The Balaban J connectivity index is 1.10. The largest absolute Gasteiger partial charge is 0.497 e. The van der Waals surface area contributed by atoms with Gasteiger partial charge in [-0.3, -0.25) is 9.59 Å². The number of nitrogens with zero attached hydrogens (tertiary/aromatic N) is 1. The van der Waals surface area contributed by atoms with E-state index in [-0.39, 0.29) is 17.9 Å². The number of unbranched alkanes of at least 4 members (excludes halogenated alkanes) is 1. The first-order valence-electron chi connectivity index (χ1n) is 16.3. The van der Waals surface area contributed by atoms with Crippen LogP contribution in [0.3, 0.4) is 0 Å². The highest BCUT2D eigenvalue weighted by Gasteiger charge is 2.22. The Kier molecular flexibility index (Phi) is 13.6. The maximum absolute atomic E-state index is 13.2. The molecule has 6 nitrogen and oxygen atoms in total. The van der Waals surface area contributed by atoms with Gasteiger partial charge in [0.2, 0.25) is 5.91 Å². The molecule has 7 heteroatoms. The van der Waals surface area contributed by atoms with E-state index in [1.807, 2.05) is 48.5 Å². The van der Waals surface area contributed by atoms with Gasteiger partial charge in [-0.1, -0.05) is 62.0 Å². The van der Waals surface area contributed by atoms with E-state index in [4.69, 9.17) is 4.74 Å². The van der Waals surface area contributed by atoms with Crippen LogP contribution in [-0.4, -0.2) is 56.0 Å². The molecule has 0 bridgehead atoms.